The van der Waals surface area contributed by atoms with Gasteiger partial charge in [0.25, 0.3) is 0 Å². The molecule has 0 bridgehead atoms. The first-order valence-electron chi connectivity index (χ1n) is 7.20. The van der Waals surface area contributed by atoms with Crippen LogP contribution in [0.5, 0.6) is 0 Å². The van der Waals surface area contributed by atoms with E-state index in [2.05, 4.69) is 4.98 Å². The summed E-state index contributed by atoms with van der Waals surface area (Å²) in [6.45, 7) is 3.51. The van der Waals surface area contributed by atoms with Crippen LogP contribution in [0.1, 0.15) is 35.1 Å². The minimum Gasteiger partial charge on any atom is -0.245 e. The van der Waals surface area contributed by atoms with Gasteiger partial charge in [0, 0.05) is 11.9 Å². The molecule has 1 atom stereocenters. The molecule has 23 heavy (non-hydrogen) atoms. The van der Waals surface area contributed by atoms with Crippen LogP contribution in [-0.2, 0) is 10.0 Å². The molecule has 3 rings (SSSR count). The predicted molar refractivity (Wildman–Crippen MR) is 83.8 cm³/mol. The number of halogens is 2. The number of benzene rings is 1. The van der Waals surface area contributed by atoms with E-state index >= 15 is 0 Å². The highest BCUT2D eigenvalue weighted by atomic mass is 32.2. The van der Waals surface area contributed by atoms with E-state index in [-0.39, 0.29) is 12.1 Å². The van der Waals surface area contributed by atoms with E-state index in [1.54, 1.807) is 0 Å². The van der Waals surface area contributed by atoms with E-state index in [4.69, 9.17) is 0 Å². The predicted octanol–water partition coefficient (Wildman–Crippen LogP) is 3.56. The van der Waals surface area contributed by atoms with Crippen molar-refractivity contribution < 1.29 is 17.2 Å². The molecule has 2 aromatic rings. The molecular formula is C15H16F2N2O2S2. The first kappa shape index (κ1) is 16.5. The van der Waals surface area contributed by atoms with Crippen molar-refractivity contribution in [1.82, 2.24) is 9.29 Å². The van der Waals surface area contributed by atoms with E-state index < -0.39 is 32.6 Å². The molecule has 8 heteroatoms. The van der Waals surface area contributed by atoms with Crippen LogP contribution in [0.15, 0.2) is 22.4 Å². The Bertz CT molecular complexity index is 849. The fourth-order valence-electron chi connectivity index (χ4n) is 2.81. The highest BCUT2D eigenvalue weighted by Gasteiger charge is 2.38. The van der Waals surface area contributed by atoms with Crippen molar-refractivity contribution in [2.45, 2.75) is 37.6 Å². The van der Waals surface area contributed by atoms with Gasteiger partial charge in [0.2, 0.25) is 10.0 Å². The zero-order valence-electron chi connectivity index (χ0n) is 12.7. The van der Waals surface area contributed by atoms with E-state index in [0.29, 0.717) is 18.5 Å². The van der Waals surface area contributed by atoms with Crippen LogP contribution < -0.4 is 0 Å². The molecule has 1 aromatic heterocycles. The second-order valence-corrected chi connectivity index (χ2v) is 8.52. The molecule has 0 N–H and O–H groups in total. The number of hydrogen-bond acceptors (Lipinski definition) is 4. The number of hydrogen-bond donors (Lipinski definition) is 0. The second-order valence-electron chi connectivity index (χ2n) is 5.60. The van der Waals surface area contributed by atoms with E-state index in [1.165, 1.54) is 22.6 Å². The lowest BCUT2D eigenvalue weighted by atomic mass is 10.2. The van der Waals surface area contributed by atoms with Crippen LogP contribution in [0.4, 0.5) is 8.78 Å². The molecule has 1 fully saturated rings. The van der Waals surface area contributed by atoms with Gasteiger partial charge in [-0.05, 0) is 44.4 Å². The molecule has 0 aliphatic carbocycles. The Labute approximate surface area is 137 Å². The highest BCUT2D eigenvalue weighted by molar-refractivity contribution is 7.89. The summed E-state index contributed by atoms with van der Waals surface area (Å²) in [5.74, 6) is -1.66. The Hall–Kier alpha value is -1.38. The van der Waals surface area contributed by atoms with Gasteiger partial charge in [-0.15, -0.1) is 11.3 Å². The van der Waals surface area contributed by atoms with Gasteiger partial charge in [0.1, 0.15) is 16.5 Å². The molecule has 4 nitrogen and oxygen atoms in total. The zero-order chi connectivity index (χ0) is 16.8. The van der Waals surface area contributed by atoms with Gasteiger partial charge in [-0.3, -0.25) is 0 Å². The van der Waals surface area contributed by atoms with Crippen molar-refractivity contribution >= 4 is 21.4 Å². The van der Waals surface area contributed by atoms with Gasteiger partial charge in [0.15, 0.2) is 0 Å². The summed E-state index contributed by atoms with van der Waals surface area (Å²) in [5, 5.41) is 2.66. The minimum absolute atomic E-state index is 0.0783. The average Bonchev–Trinajstić information content (AvgIpc) is 3.11. The van der Waals surface area contributed by atoms with Gasteiger partial charge < -0.3 is 0 Å². The quantitative estimate of drug-likeness (QED) is 0.843. The summed E-state index contributed by atoms with van der Waals surface area (Å²) >= 11 is 1.44. The van der Waals surface area contributed by atoms with Crippen molar-refractivity contribution in [1.29, 1.82) is 0 Å². The monoisotopic (exact) mass is 358 g/mol. The first-order valence-corrected chi connectivity index (χ1v) is 9.52. The van der Waals surface area contributed by atoms with E-state index in [0.717, 1.165) is 17.1 Å². The third-order valence-corrected chi connectivity index (χ3v) is 6.70. The number of aryl methyl sites for hydroxylation is 2. The van der Waals surface area contributed by atoms with E-state index in [1.807, 2.05) is 12.3 Å². The van der Waals surface area contributed by atoms with Crippen molar-refractivity contribution in [2.24, 2.45) is 0 Å². The standard InChI is InChI=1S/C15H16F2N2O2S2/c1-9-6-12(17)15(7-11(9)16)23(20,21)19-5-3-4-14(19)13-8-22-10(2)18-13/h6-8,14H,3-5H2,1-2H3. The maximum absolute atomic E-state index is 14.1. The number of thiazole rings is 1. The van der Waals surface area contributed by atoms with Gasteiger partial charge in [-0.2, -0.15) is 4.31 Å². The minimum atomic E-state index is -4.11. The Balaban J connectivity index is 2.03. The van der Waals surface area contributed by atoms with Crippen molar-refractivity contribution in [3.05, 3.63) is 45.4 Å². The Morgan fingerprint density at radius 3 is 2.65 bits per heavy atom. The molecule has 1 aliphatic heterocycles. The van der Waals surface area contributed by atoms with Crippen molar-refractivity contribution in [2.75, 3.05) is 6.54 Å². The van der Waals surface area contributed by atoms with Gasteiger partial charge >= 0.3 is 0 Å². The maximum Gasteiger partial charge on any atom is 0.246 e. The summed E-state index contributed by atoms with van der Waals surface area (Å²) in [5.41, 5.74) is 0.746. The van der Waals surface area contributed by atoms with Gasteiger partial charge in [-0.1, -0.05) is 0 Å². The van der Waals surface area contributed by atoms with Gasteiger partial charge in [-0.25, -0.2) is 22.2 Å². The fraction of sp³-hybridized carbons (Fsp3) is 0.400. The molecular weight excluding hydrogens is 342 g/mol. The second kappa shape index (κ2) is 5.92. The molecule has 1 unspecified atom stereocenters. The van der Waals surface area contributed by atoms with Crippen LogP contribution in [0.25, 0.3) is 0 Å². The number of sulfonamides is 1. The fourth-order valence-corrected chi connectivity index (χ4v) is 5.20. The maximum atomic E-state index is 14.1. The molecule has 0 radical (unpaired) electrons. The summed E-state index contributed by atoms with van der Waals surface area (Å²) in [4.78, 5) is 3.74. The zero-order valence-corrected chi connectivity index (χ0v) is 14.3. The third-order valence-electron chi connectivity index (χ3n) is 3.98. The summed E-state index contributed by atoms with van der Waals surface area (Å²) in [6.07, 6.45) is 1.29. The highest BCUT2D eigenvalue weighted by Crippen LogP contribution is 2.37. The molecule has 0 amide bonds. The van der Waals surface area contributed by atoms with Crippen molar-refractivity contribution in [3.63, 3.8) is 0 Å². The molecule has 2 heterocycles. The SMILES string of the molecule is Cc1nc(C2CCCN2S(=O)(=O)c2cc(F)c(C)cc2F)cs1. The molecule has 1 aromatic carbocycles. The number of rotatable bonds is 3. The Morgan fingerprint density at radius 2 is 2.00 bits per heavy atom. The van der Waals surface area contributed by atoms with E-state index in [9.17, 15) is 17.2 Å². The smallest absolute Gasteiger partial charge is 0.245 e. The largest absolute Gasteiger partial charge is 0.246 e. The summed E-state index contributed by atoms with van der Waals surface area (Å²) in [6, 6.07) is 1.26. The normalized spacial score (nSPS) is 19.4. The van der Waals surface area contributed by atoms with Crippen LogP contribution in [0.3, 0.4) is 0 Å². The lowest BCUT2D eigenvalue weighted by Crippen LogP contribution is -2.31. The van der Waals surface area contributed by atoms with Crippen LogP contribution >= 0.6 is 11.3 Å². The Kier molecular flexibility index (Phi) is 4.24. The van der Waals surface area contributed by atoms with Crippen LogP contribution in [0, 0.1) is 25.5 Å². The summed E-state index contributed by atoms with van der Waals surface area (Å²) < 4.78 is 54.7. The number of nitrogens with zero attached hydrogens (tertiary/aromatic N) is 2. The average molecular weight is 358 g/mol. The van der Waals surface area contributed by atoms with Crippen molar-refractivity contribution in [3.8, 4) is 0 Å². The molecule has 1 aliphatic rings. The molecule has 124 valence electrons. The molecule has 0 saturated carbocycles. The van der Waals surface area contributed by atoms with Crippen LogP contribution in [-0.4, -0.2) is 24.3 Å². The topological polar surface area (TPSA) is 50.3 Å². The molecule has 1 saturated heterocycles. The molecule has 0 spiro atoms. The number of aromatic nitrogens is 1. The Morgan fingerprint density at radius 1 is 1.26 bits per heavy atom. The first-order chi connectivity index (χ1) is 10.8. The lowest BCUT2D eigenvalue weighted by Gasteiger charge is -2.23. The van der Waals surface area contributed by atoms with Gasteiger partial charge in [0.05, 0.1) is 16.7 Å². The lowest BCUT2D eigenvalue weighted by molar-refractivity contribution is 0.388. The summed E-state index contributed by atoms with van der Waals surface area (Å²) in [7, 11) is -4.11. The third kappa shape index (κ3) is 2.90. The van der Waals surface area contributed by atoms with Crippen LogP contribution in [0.2, 0.25) is 0 Å².